The Bertz CT molecular complexity index is 1640. The minimum Gasteiger partial charge on any atom is -0.456 e. The quantitative estimate of drug-likeness (QED) is 0.114. The maximum atomic E-state index is 13.3. The number of nitrogens with one attached hydrogen (secondary N) is 1. The molecule has 2 heterocycles. The molecule has 2 aromatic heterocycles. The van der Waals surface area contributed by atoms with Crippen molar-refractivity contribution in [3.05, 3.63) is 106 Å². The van der Waals surface area contributed by atoms with Crippen LogP contribution in [0, 0.1) is 0 Å². The first kappa shape index (κ1) is 30.0. The van der Waals surface area contributed by atoms with Gasteiger partial charge in [0.15, 0.2) is 10.8 Å². The van der Waals surface area contributed by atoms with Crippen LogP contribution in [0.25, 0.3) is 22.5 Å². The van der Waals surface area contributed by atoms with Crippen molar-refractivity contribution in [3.63, 3.8) is 0 Å². The number of carbonyl (C=O) groups excluding carboxylic acids is 1. The predicted octanol–water partition coefficient (Wildman–Crippen LogP) is 5.64. The first-order valence-corrected chi connectivity index (χ1v) is 14.0. The van der Waals surface area contributed by atoms with Crippen LogP contribution in [-0.2, 0) is 35.8 Å². The molecule has 0 atom stereocenters. The van der Waals surface area contributed by atoms with Crippen LogP contribution >= 0.6 is 11.6 Å². The lowest BCUT2D eigenvalue weighted by Gasteiger charge is -2.13. The van der Waals surface area contributed by atoms with E-state index in [0.29, 0.717) is 24.4 Å². The van der Waals surface area contributed by atoms with Crippen molar-refractivity contribution in [3.8, 4) is 22.5 Å². The second-order valence-electron chi connectivity index (χ2n) is 9.75. The van der Waals surface area contributed by atoms with Gasteiger partial charge in [-0.15, -0.1) is 10.2 Å². The van der Waals surface area contributed by atoms with E-state index >= 15 is 0 Å². The minimum absolute atomic E-state index is 0.0202. The number of H-pyrrole nitrogens is 1. The number of ether oxygens (including phenoxy) is 1. The Kier molecular flexibility index (Phi) is 9.87. The number of imidazole rings is 1. The summed E-state index contributed by atoms with van der Waals surface area (Å²) >= 11 is 6.51. The van der Waals surface area contributed by atoms with Gasteiger partial charge in [-0.05, 0) is 39.5 Å². The molecule has 0 spiro atoms. The first-order valence-electron chi connectivity index (χ1n) is 13.7. The van der Waals surface area contributed by atoms with Gasteiger partial charge in [0.2, 0.25) is 5.82 Å². The molecule has 13 heteroatoms. The van der Waals surface area contributed by atoms with Crippen molar-refractivity contribution < 1.29 is 24.8 Å². The predicted molar refractivity (Wildman–Crippen MR) is 156 cm³/mol. The van der Waals surface area contributed by atoms with Gasteiger partial charge >= 0.3 is 5.97 Å². The number of aromatic nitrogens is 6. The van der Waals surface area contributed by atoms with E-state index in [9.17, 15) is 4.79 Å². The van der Waals surface area contributed by atoms with Gasteiger partial charge in [0.25, 0.3) is 0 Å². The van der Waals surface area contributed by atoms with Gasteiger partial charge in [-0.1, -0.05) is 97.7 Å². The Morgan fingerprint density at radius 3 is 2.28 bits per heavy atom. The van der Waals surface area contributed by atoms with E-state index in [1.807, 2.05) is 53.1 Å². The summed E-state index contributed by atoms with van der Waals surface area (Å²) in [6.45, 7) is 2.47. The highest BCUT2D eigenvalue weighted by Crippen LogP contribution is 2.30. The smallest absolute Gasteiger partial charge is 0.358 e. The Morgan fingerprint density at radius 1 is 0.953 bits per heavy atom. The molecule has 0 amide bonds. The number of carbonyl (C=O) groups is 1. The van der Waals surface area contributed by atoms with E-state index in [2.05, 4.69) is 37.4 Å². The van der Waals surface area contributed by atoms with Crippen LogP contribution in [0.15, 0.2) is 72.8 Å². The monoisotopic (exact) mass is 603 g/mol. The molecule has 0 saturated heterocycles. The van der Waals surface area contributed by atoms with Crippen LogP contribution in [0.2, 0.25) is 5.15 Å². The number of aromatic amines is 1. The summed E-state index contributed by atoms with van der Waals surface area (Å²) in [5.41, 5.74) is 5.43. The summed E-state index contributed by atoms with van der Waals surface area (Å²) in [5.74, 6) is 0.659. The van der Waals surface area contributed by atoms with Crippen LogP contribution in [0.4, 0.5) is 0 Å². The van der Waals surface area contributed by atoms with Gasteiger partial charge in [0.05, 0.1) is 12.0 Å². The highest BCUT2D eigenvalue weighted by Gasteiger charge is 2.24. The van der Waals surface area contributed by atoms with Crippen molar-refractivity contribution in [1.82, 2.24) is 35.6 Å². The lowest BCUT2D eigenvalue weighted by molar-refractivity contribution is -0.497. The summed E-state index contributed by atoms with van der Waals surface area (Å²) < 4.78 is 7.46. The van der Waals surface area contributed by atoms with Crippen LogP contribution in [0.5, 0.6) is 0 Å². The summed E-state index contributed by atoms with van der Waals surface area (Å²) in [5, 5.41) is 31.6. The molecule has 0 fully saturated rings. The van der Waals surface area contributed by atoms with Crippen molar-refractivity contribution in [2.45, 2.75) is 45.9 Å². The molecule has 0 aliphatic heterocycles. The Hall–Kier alpha value is -4.46. The van der Waals surface area contributed by atoms with E-state index < -0.39 is 5.97 Å². The molecule has 3 N–H and O–H groups in total. The van der Waals surface area contributed by atoms with Crippen LogP contribution in [0.3, 0.4) is 0 Å². The fourth-order valence-corrected chi connectivity index (χ4v) is 4.89. The van der Waals surface area contributed by atoms with E-state index in [1.165, 1.54) is 0 Å². The number of halogens is 1. The normalized spacial score (nSPS) is 11.3. The zero-order chi connectivity index (χ0) is 30.2. The number of esters is 1. The molecule has 0 radical (unpaired) electrons. The van der Waals surface area contributed by atoms with Gasteiger partial charge in [0.1, 0.15) is 12.4 Å². The van der Waals surface area contributed by atoms with Crippen LogP contribution in [0.1, 0.15) is 52.8 Å². The van der Waals surface area contributed by atoms with Crippen molar-refractivity contribution in [2.75, 3.05) is 0 Å². The van der Waals surface area contributed by atoms with E-state index in [0.717, 1.165) is 46.5 Å². The van der Waals surface area contributed by atoms with Gasteiger partial charge < -0.3 is 9.30 Å². The number of hydrogen-bond donors (Lipinski definition) is 3. The van der Waals surface area contributed by atoms with Gasteiger partial charge in [0, 0.05) is 18.5 Å². The standard InChI is InChI=1S/C30H30ClN7O5/c1-2-3-8-26-32-28(31)27(30(39)42-18-21-9-11-22(12-10-21)19-43-38(40)41)37(26)17-20-13-15-23(16-14-20)24-6-4-5-7-25(24)29-33-35-36-34-29/h4-7,9-16,40-41H,2-3,8,17-19H2,1H3,(H,33,34,35,36). The van der Waals surface area contributed by atoms with Gasteiger partial charge in [-0.3, -0.25) is 10.4 Å². The molecule has 43 heavy (non-hydrogen) atoms. The second kappa shape index (κ2) is 14.1. The molecule has 5 rings (SSSR count). The Labute approximate surface area is 252 Å². The third-order valence-electron chi connectivity index (χ3n) is 6.81. The third-order valence-corrected chi connectivity index (χ3v) is 7.07. The van der Waals surface area contributed by atoms with E-state index in [-0.39, 0.29) is 29.5 Å². The van der Waals surface area contributed by atoms with E-state index in [4.69, 9.17) is 26.8 Å². The maximum Gasteiger partial charge on any atom is 0.358 e. The molecule has 0 aliphatic rings. The Morgan fingerprint density at radius 2 is 1.63 bits per heavy atom. The number of rotatable bonds is 13. The molecule has 0 aliphatic carbocycles. The SMILES string of the molecule is CCCCc1nc(Cl)c(C(=O)OCc2ccc(CON(O)O)cc2)n1Cc1ccc(-c2ccccc2-c2nn[nH]n2)cc1. The zero-order valence-corrected chi connectivity index (χ0v) is 24.1. The minimum atomic E-state index is -0.575. The average molecular weight is 604 g/mol. The van der Waals surface area contributed by atoms with Crippen molar-refractivity contribution >= 4 is 17.6 Å². The molecule has 0 saturated carbocycles. The van der Waals surface area contributed by atoms with Gasteiger partial charge in [-0.25, -0.2) is 14.6 Å². The molecule has 12 nitrogen and oxygen atoms in total. The lowest BCUT2D eigenvalue weighted by Crippen LogP contribution is -2.16. The number of nitrogens with zero attached hydrogens (tertiary/aromatic N) is 6. The zero-order valence-electron chi connectivity index (χ0n) is 23.4. The number of unbranched alkanes of at least 4 members (excludes halogenated alkanes) is 1. The lowest BCUT2D eigenvalue weighted by atomic mass is 9.98. The van der Waals surface area contributed by atoms with Crippen molar-refractivity contribution in [2.24, 2.45) is 0 Å². The van der Waals surface area contributed by atoms with Gasteiger partial charge in [-0.2, -0.15) is 5.21 Å². The molecule has 222 valence electrons. The number of benzene rings is 3. The molecule has 0 unspecified atom stereocenters. The molecule has 3 aromatic carbocycles. The van der Waals surface area contributed by atoms with Crippen molar-refractivity contribution in [1.29, 1.82) is 0 Å². The molecule has 0 bridgehead atoms. The largest absolute Gasteiger partial charge is 0.456 e. The van der Waals surface area contributed by atoms with E-state index in [1.54, 1.807) is 24.3 Å². The summed E-state index contributed by atoms with van der Waals surface area (Å²) in [6, 6.07) is 22.9. The van der Waals surface area contributed by atoms with Crippen LogP contribution < -0.4 is 0 Å². The molecular weight excluding hydrogens is 574 g/mol. The summed E-state index contributed by atoms with van der Waals surface area (Å²) in [7, 11) is 0. The summed E-state index contributed by atoms with van der Waals surface area (Å²) in [4.78, 5) is 22.4. The second-order valence-corrected chi connectivity index (χ2v) is 10.1. The summed E-state index contributed by atoms with van der Waals surface area (Å²) in [6.07, 6.45) is 2.53. The average Bonchev–Trinajstić information content (AvgIpc) is 3.67. The third kappa shape index (κ3) is 7.49. The Balaban J connectivity index is 1.34. The highest BCUT2D eigenvalue weighted by atomic mass is 35.5. The molecular formula is C30H30ClN7O5. The topological polar surface area (TPSA) is 152 Å². The first-order chi connectivity index (χ1) is 20.9. The number of tetrazole rings is 1. The van der Waals surface area contributed by atoms with Crippen LogP contribution in [-0.4, -0.2) is 51.9 Å². The maximum absolute atomic E-state index is 13.3. The number of hydrogen-bond acceptors (Lipinski definition) is 10. The highest BCUT2D eigenvalue weighted by molar-refractivity contribution is 6.32. The number of aryl methyl sites for hydroxylation is 1. The fourth-order valence-electron chi connectivity index (χ4n) is 4.62. The molecule has 5 aromatic rings. The fraction of sp³-hybridized carbons (Fsp3) is 0.233.